The Balaban J connectivity index is 1.60. The molecule has 4 heteroatoms. The van der Waals surface area contributed by atoms with Crippen molar-refractivity contribution in [3.8, 4) is 0 Å². The van der Waals surface area contributed by atoms with Gasteiger partial charge in [0, 0.05) is 29.5 Å². The summed E-state index contributed by atoms with van der Waals surface area (Å²) in [6, 6.07) is 11.0. The number of nitrogens with zero attached hydrogens (tertiary/aromatic N) is 2. The van der Waals surface area contributed by atoms with E-state index in [1.54, 1.807) is 0 Å². The number of benzene rings is 1. The molecule has 3 heterocycles. The number of carbonyl (C=O) groups is 1. The quantitative estimate of drug-likeness (QED) is 0.926. The first-order valence-corrected chi connectivity index (χ1v) is 8.33. The van der Waals surface area contributed by atoms with E-state index in [1.807, 2.05) is 24.3 Å². The molecule has 2 saturated heterocycles. The number of hydrogen-bond acceptors (Lipinski definition) is 2. The molecule has 0 bridgehead atoms. The molecule has 2 atom stereocenters. The number of fused-ring (bicyclic) bond motifs is 1. The van der Waals surface area contributed by atoms with Crippen molar-refractivity contribution in [1.29, 1.82) is 0 Å². The van der Waals surface area contributed by atoms with Crippen molar-refractivity contribution in [3.05, 3.63) is 36.0 Å². The van der Waals surface area contributed by atoms with Gasteiger partial charge in [-0.25, -0.2) is 0 Å². The first-order valence-electron chi connectivity index (χ1n) is 8.33. The van der Waals surface area contributed by atoms with Crippen molar-refractivity contribution in [1.82, 2.24) is 14.8 Å². The maximum absolute atomic E-state index is 13.0. The van der Waals surface area contributed by atoms with Crippen LogP contribution in [0.1, 0.15) is 36.2 Å². The Morgan fingerprint density at radius 2 is 1.91 bits per heavy atom. The highest BCUT2D eigenvalue weighted by Gasteiger charge is 2.38. The molecule has 2 aliphatic rings. The van der Waals surface area contributed by atoms with Crippen molar-refractivity contribution < 1.29 is 4.79 Å². The summed E-state index contributed by atoms with van der Waals surface area (Å²) in [5.74, 6) is 0.166. The van der Waals surface area contributed by atoms with E-state index in [-0.39, 0.29) is 5.91 Å². The van der Waals surface area contributed by atoms with Gasteiger partial charge < -0.3 is 14.8 Å². The van der Waals surface area contributed by atoms with Crippen molar-refractivity contribution in [2.24, 2.45) is 0 Å². The summed E-state index contributed by atoms with van der Waals surface area (Å²) in [6.07, 6.45) is 4.74. The minimum Gasteiger partial charge on any atom is -0.351 e. The topological polar surface area (TPSA) is 39.3 Å². The Morgan fingerprint density at radius 3 is 2.68 bits per heavy atom. The van der Waals surface area contributed by atoms with Gasteiger partial charge in [0.2, 0.25) is 0 Å². The molecule has 4 nitrogen and oxygen atoms in total. The van der Waals surface area contributed by atoms with E-state index < -0.39 is 0 Å². The van der Waals surface area contributed by atoms with Gasteiger partial charge in [-0.3, -0.25) is 4.79 Å². The number of likely N-dealkylation sites (tertiary alicyclic amines) is 2. The van der Waals surface area contributed by atoms with Gasteiger partial charge in [-0.15, -0.1) is 0 Å². The summed E-state index contributed by atoms with van der Waals surface area (Å²) in [7, 11) is 2.20. The Labute approximate surface area is 131 Å². The summed E-state index contributed by atoms with van der Waals surface area (Å²) < 4.78 is 0. The van der Waals surface area contributed by atoms with Crippen LogP contribution in [0, 0.1) is 0 Å². The molecular weight excluding hydrogens is 274 g/mol. The van der Waals surface area contributed by atoms with Gasteiger partial charge in [0.25, 0.3) is 5.91 Å². The van der Waals surface area contributed by atoms with E-state index in [4.69, 9.17) is 0 Å². The zero-order valence-electron chi connectivity index (χ0n) is 13.1. The first kappa shape index (κ1) is 13.8. The predicted octanol–water partition coefficient (Wildman–Crippen LogP) is 2.87. The molecule has 116 valence electrons. The van der Waals surface area contributed by atoms with E-state index in [0.717, 1.165) is 42.5 Å². The zero-order chi connectivity index (χ0) is 15.1. The van der Waals surface area contributed by atoms with Crippen LogP contribution in [0.2, 0.25) is 0 Å². The van der Waals surface area contributed by atoms with E-state index in [1.165, 1.54) is 12.8 Å². The summed E-state index contributed by atoms with van der Waals surface area (Å²) in [6.45, 7) is 2.05. The van der Waals surface area contributed by atoms with E-state index in [2.05, 4.69) is 27.9 Å². The fourth-order valence-electron chi connectivity index (χ4n) is 4.21. The number of H-pyrrole nitrogens is 1. The molecule has 0 spiro atoms. The number of aromatic nitrogens is 1. The van der Waals surface area contributed by atoms with Crippen LogP contribution in [0.25, 0.3) is 10.9 Å². The number of rotatable bonds is 2. The van der Waals surface area contributed by atoms with Crippen LogP contribution < -0.4 is 0 Å². The molecule has 22 heavy (non-hydrogen) atoms. The first-order chi connectivity index (χ1) is 10.7. The highest BCUT2D eigenvalue weighted by Crippen LogP contribution is 2.30. The number of carbonyl (C=O) groups excluding carboxylic acids is 1. The Bertz CT molecular complexity index is 659. The number of para-hydroxylation sites is 1. The van der Waals surface area contributed by atoms with Crippen molar-refractivity contribution in [2.75, 3.05) is 20.1 Å². The maximum Gasteiger partial charge on any atom is 0.270 e. The van der Waals surface area contributed by atoms with Crippen LogP contribution in [-0.2, 0) is 0 Å². The van der Waals surface area contributed by atoms with E-state index in [0.29, 0.717) is 12.1 Å². The second-order valence-electron chi connectivity index (χ2n) is 6.67. The minimum absolute atomic E-state index is 0.166. The molecule has 0 radical (unpaired) electrons. The molecule has 1 aromatic carbocycles. The minimum atomic E-state index is 0.166. The molecule has 2 unspecified atom stereocenters. The van der Waals surface area contributed by atoms with Crippen LogP contribution in [0.15, 0.2) is 30.3 Å². The van der Waals surface area contributed by atoms with Crippen LogP contribution in [0.3, 0.4) is 0 Å². The second kappa shape index (κ2) is 5.43. The third-order valence-corrected chi connectivity index (χ3v) is 5.34. The predicted molar refractivity (Wildman–Crippen MR) is 88.0 cm³/mol. The third kappa shape index (κ3) is 2.22. The highest BCUT2D eigenvalue weighted by atomic mass is 16.2. The lowest BCUT2D eigenvalue weighted by molar-refractivity contribution is 0.0659. The van der Waals surface area contributed by atoms with Gasteiger partial charge >= 0.3 is 0 Å². The summed E-state index contributed by atoms with van der Waals surface area (Å²) in [5, 5.41) is 1.11. The van der Waals surface area contributed by atoms with E-state index in [9.17, 15) is 4.79 Å². The van der Waals surface area contributed by atoms with Crippen molar-refractivity contribution >= 4 is 16.8 Å². The molecule has 1 aromatic heterocycles. The number of likely N-dealkylation sites (N-methyl/N-ethyl adjacent to an activating group) is 1. The average Bonchev–Trinajstić information content (AvgIpc) is 3.24. The SMILES string of the molecule is CN1CCCC1C1CCCN1C(=O)c1cc2ccccc2[nH]1. The molecule has 0 aliphatic carbocycles. The molecule has 2 aliphatic heterocycles. The van der Waals surface area contributed by atoms with E-state index >= 15 is 0 Å². The highest BCUT2D eigenvalue weighted by molar-refractivity contribution is 5.98. The summed E-state index contributed by atoms with van der Waals surface area (Å²) in [5.41, 5.74) is 1.77. The van der Waals surface area contributed by atoms with Gasteiger partial charge in [-0.1, -0.05) is 18.2 Å². The molecule has 2 aromatic rings. The Morgan fingerprint density at radius 1 is 1.14 bits per heavy atom. The maximum atomic E-state index is 13.0. The normalized spacial score (nSPS) is 26.1. The number of aromatic amines is 1. The van der Waals surface area contributed by atoms with Crippen LogP contribution in [0.4, 0.5) is 0 Å². The largest absolute Gasteiger partial charge is 0.351 e. The molecular formula is C18H23N3O. The standard InChI is InChI=1S/C18H23N3O/c1-20-10-4-8-16(20)17-9-5-11-21(17)18(22)15-12-13-6-2-3-7-14(13)19-15/h2-3,6-7,12,16-17,19H,4-5,8-11H2,1H3. The van der Waals surface area contributed by atoms with Gasteiger partial charge in [0.15, 0.2) is 0 Å². The molecule has 1 amide bonds. The Kier molecular flexibility index (Phi) is 3.41. The van der Waals surface area contributed by atoms with Crippen LogP contribution in [-0.4, -0.2) is 52.9 Å². The lowest BCUT2D eigenvalue weighted by Crippen LogP contribution is -2.47. The van der Waals surface area contributed by atoms with Crippen molar-refractivity contribution in [3.63, 3.8) is 0 Å². The molecule has 1 N–H and O–H groups in total. The summed E-state index contributed by atoms with van der Waals surface area (Å²) in [4.78, 5) is 20.8. The number of hydrogen-bond donors (Lipinski definition) is 1. The van der Waals surface area contributed by atoms with Gasteiger partial charge in [-0.05, 0) is 51.4 Å². The van der Waals surface area contributed by atoms with Crippen LogP contribution in [0.5, 0.6) is 0 Å². The fraction of sp³-hybridized carbons (Fsp3) is 0.500. The zero-order valence-corrected chi connectivity index (χ0v) is 13.1. The lowest BCUT2D eigenvalue weighted by Gasteiger charge is -2.33. The van der Waals surface area contributed by atoms with Crippen LogP contribution >= 0.6 is 0 Å². The van der Waals surface area contributed by atoms with Gasteiger partial charge in [0.05, 0.1) is 0 Å². The molecule has 4 rings (SSSR count). The van der Waals surface area contributed by atoms with Gasteiger partial charge in [0.1, 0.15) is 5.69 Å². The average molecular weight is 297 g/mol. The fourth-order valence-corrected chi connectivity index (χ4v) is 4.21. The molecule has 0 saturated carbocycles. The third-order valence-electron chi connectivity index (χ3n) is 5.34. The lowest BCUT2D eigenvalue weighted by atomic mass is 10.0. The number of amides is 1. The second-order valence-corrected chi connectivity index (χ2v) is 6.67. The smallest absolute Gasteiger partial charge is 0.270 e. The monoisotopic (exact) mass is 297 g/mol. The summed E-state index contributed by atoms with van der Waals surface area (Å²) >= 11 is 0. The van der Waals surface area contributed by atoms with Crippen molar-refractivity contribution in [2.45, 2.75) is 37.8 Å². The Hall–Kier alpha value is -1.81. The molecule has 2 fully saturated rings. The van der Waals surface area contributed by atoms with Gasteiger partial charge in [-0.2, -0.15) is 0 Å². The number of nitrogens with one attached hydrogen (secondary N) is 1.